The third-order valence-corrected chi connectivity index (χ3v) is 1.86. The molecule has 3 nitrogen and oxygen atoms in total. The second-order valence-electron chi connectivity index (χ2n) is 2.70. The number of halogens is 1. The Hall–Kier alpha value is -1.84. The lowest BCUT2D eigenvalue weighted by Crippen LogP contribution is -2.19. The third kappa shape index (κ3) is 1.07. The minimum absolute atomic E-state index is 0.0441. The van der Waals surface area contributed by atoms with Crippen molar-refractivity contribution >= 4 is 11.2 Å². The first kappa shape index (κ1) is 7.79. The fourth-order valence-electron chi connectivity index (χ4n) is 1.22. The van der Waals surface area contributed by atoms with Crippen LogP contribution in [0.2, 0.25) is 0 Å². The summed E-state index contributed by atoms with van der Waals surface area (Å²) in [4.78, 5) is 11.3. The zero-order valence-electron chi connectivity index (χ0n) is 6.70. The summed E-state index contributed by atoms with van der Waals surface area (Å²) < 4.78 is 14.1. The lowest BCUT2D eigenvalue weighted by atomic mass is 10.3. The molecule has 0 unspecified atom stereocenters. The van der Waals surface area contributed by atoms with Crippen molar-refractivity contribution in [2.24, 2.45) is 0 Å². The fraction of sp³-hybridized carbons (Fsp3) is 0. The summed E-state index contributed by atoms with van der Waals surface area (Å²) in [5.41, 5.74) is 5.38. The molecule has 2 N–H and O–H groups in total. The Morgan fingerprint density at radius 1 is 1.23 bits per heavy atom. The number of nitrogen functional groups attached to an aromatic ring is 1. The molecule has 0 aliphatic carbocycles. The SMILES string of the molecule is Nc1ccc2cccc(F)n2c1=O. The molecule has 2 rings (SSSR count). The summed E-state index contributed by atoms with van der Waals surface area (Å²) in [7, 11) is 0. The van der Waals surface area contributed by atoms with Gasteiger partial charge in [-0.2, -0.15) is 4.39 Å². The molecular formula is C9H7FN2O. The van der Waals surface area contributed by atoms with E-state index < -0.39 is 11.5 Å². The van der Waals surface area contributed by atoms with Gasteiger partial charge in [-0.05, 0) is 24.3 Å². The third-order valence-electron chi connectivity index (χ3n) is 1.86. The summed E-state index contributed by atoms with van der Waals surface area (Å²) in [5.74, 6) is -0.602. The van der Waals surface area contributed by atoms with E-state index in [4.69, 9.17) is 5.73 Å². The van der Waals surface area contributed by atoms with E-state index in [0.717, 1.165) is 4.40 Å². The summed E-state index contributed by atoms with van der Waals surface area (Å²) in [6, 6.07) is 7.47. The van der Waals surface area contributed by atoms with E-state index >= 15 is 0 Å². The van der Waals surface area contributed by atoms with Gasteiger partial charge in [0.15, 0.2) is 0 Å². The first-order valence-corrected chi connectivity index (χ1v) is 3.76. The molecule has 66 valence electrons. The Balaban J connectivity index is 3.06. The van der Waals surface area contributed by atoms with Crippen molar-refractivity contribution in [3.8, 4) is 0 Å². The first-order valence-electron chi connectivity index (χ1n) is 3.76. The van der Waals surface area contributed by atoms with E-state index in [1.807, 2.05) is 0 Å². The fourth-order valence-corrected chi connectivity index (χ4v) is 1.22. The van der Waals surface area contributed by atoms with Crippen molar-refractivity contribution in [3.05, 3.63) is 46.6 Å². The Labute approximate surface area is 73.2 Å². The van der Waals surface area contributed by atoms with Crippen LogP contribution in [0.1, 0.15) is 0 Å². The Bertz CT molecular complexity index is 518. The smallest absolute Gasteiger partial charge is 0.280 e. The van der Waals surface area contributed by atoms with E-state index in [-0.39, 0.29) is 5.69 Å². The molecule has 0 aliphatic rings. The van der Waals surface area contributed by atoms with Crippen molar-refractivity contribution in [1.29, 1.82) is 0 Å². The lowest BCUT2D eigenvalue weighted by molar-refractivity contribution is 0.562. The molecule has 0 saturated heterocycles. The number of hydrogen-bond donors (Lipinski definition) is 1. The predicted molar refractivity (Wildman–Crippen MR) is 48.0 cm³/mol. The van der Waals surface area contributed by atoms with E-state index in [1.165, 1.54) is 12.1 Å². The maximum Gasteiger partial charge on any atom is 0.280 e. The highest BCUT2D eigenvalue weighted by Crippen LogP contribution is 2.05. The Morgan fingerprint density at radius 2 is 2.00 bits per heavy atom. The largest absolute Gasteiger partial charge is 0.394 e. The van der Waals surface area contributed by atoms with E-state index in [9.17, 15) is 9.18 Å². The normalized spacial score (nSPS) is 10.5. The minimum Gasteiger partial charge on any atom is -0.394 e. The number of fused-ring (bicyclic) bond motifs is 1. The number of anilines is 1. The van der Waals surface area contributed by atoms with E-state index in [0.29, 0.717) is 5.52 Å². The highest BCUT2D eigenvalue weighted by molar-refractivity contribution is 5.52. The van der Waals surface area contributed by atoms with Crippen molar-refractivity contribution in [2.45, 2.75) is 0 Å². The van der Waals surface area contributed by atoms with Gasteiger partial charge in [0.2, 0.25) is 5.95 Å². The van der Waals surface area contributed by atoms with Gasteiger partial charge >= 0.3 is 0 Å². The summed E-state index contributed by atoms with van der Waals surface area (Å²) in [5, 5.41) is 0. The lowest BCUT2D eigenvalue weighted by Gasteiger charge is -2.01. The van der Waals surface area contributed by atoms with Gasteiger partial charge < -0.3 is 5.73 Å². The van der Waals surface area contributed by atoms with Gasteiger partial charge in [0.05, 0.1) is 11.2 Å². The quantitative estimate of drug-likeness (QED) is 0.612. The number of hydrogen-bond acceptors (Lipinski definition) is 2. The molecule has 0 saturated carbocycles. The average Bonchev–Trinajstić information content (AvgIpc) is 2.12. The topological polar surface area (TPSA) is 47.5 Å². The van der Waals surface area contributed by atoms with Gasteiger partial charge in [0, 0.05) is 0 Å². The van der Waals surface area contributed by atoms with E-state index in [2.05, 4.69) is 0 Å². The number of nitrogens with zero attached hydrogens (tertiary/aromatic N) is 1. The molecule has 13 heavy (non-hydrogen) atoms. The standard InChI is InChI=1S/C9H7FN2O/c10-8-3-1-2-6-4-5-7(11)9(13)12(6)8/h1-5H,11H2. The second-order valence-corrected chi connectivity index (χ2v) is 2.70. The number of pyridine rings is 2. The van der Waals surface area contributed by atoms with Crippen LogP contribution in [0.4, 0.5) is 10.1 Å². The molecule has 0 aromatic carbocycles. The molecule has 0 spiro atoms. The van der Waals surface area contributed by atoms with Crippen LogP contribution in [0.15, 0.2) is 35.1 Å². The zero-order chi connectivity index (χ0) is 9.42. The Kier molecular flexibility index (Phi) is 1.55. The monoisotopic (exact) mass is 178 g/mol. The molecule has 0 fully saturated rings. The minimum atomic E-state index is -0.602. The van der Waals surface area contributed by atoms with Crippen molar-refractivity contribution in [3.63, 3.8) is 0 Å². The van der Waals surface area contributed by atoms with Crippen molar-refractivity contribution in [1.82, 2.24) is 4.40 Å². The molecule has 0 radical (unpaired) electrons. The van der Waals surface area contributed by atoms with E-state index in [1.54, 1.807) is 18.2 Å². The van der Waals surface area contributed by atoms with Crippen LogP contribution in [0.25, 0.3) is 5.52 Å². The summed E-state index contributed by atoms with van der Waals surface area (Å²) in [6.45, 7) is 0. The molecule has 2 aromatic rings. The predicted octanol–water partition coefficient (Wildman–Crippen LogP) is 1.02. The van der Waals surface area contributed by atoms with Gasteiger partial charge in [-0.15, -0.1) is 0 Å². The summed E-state index contributed by atoms with van der Waals surface area (Å²) in [6.07, 6.45) is 0. The molecule has 0 aliphatic heterocycles. The van der Waals surface area contributed by atoms with Crippen LogP contribution < -0.4 is 11.3 Å². The number of nitrogens with two attached hydrogens (primary N) is 1. The maximum atomic E-state index is 13.1. The van der Waals surface area contributed by atoms with Gasteiger partial charge in [-0.1, -0.05) is 6.07 Å². The number of rotatable bonds is 0. The molecule has 0 amide bonds. The average molecular weight is 178 g/mol. The zero-order valence-corrected chi connectivity index (χ0v) is 6.70. The van der Waals surface area contributed by atoms with Crippen molar-refractivity contribution < 1.29 is 4.39 Å². The van der Waals surface area contributed by atoms with Crippen LogP contribution in [0.5, 0.6) is 0 Å². The maximum absolute atomic E-state index is 13.1. The highest BCUT2D eigenvalue weighted by Gasteiger charge is 2.02. The second kappa shape index (κ2) is 2.58. The van der Waals surface area contributed by atoms with Gasteiger partial charge in [-0.3, -0.25) is 9.20 Å². The van der Waals surface area contributed by atoms with Crippen LogP contribution in [-0.4, -0.2) is 4.40 Å². The highest BCUT2D eigenvalue weighted by atomic mass is 19.1. The molecule has 0 bridgehead atoms. The van der Waals surface area contributed by atoms with Crippen LogP contribution in [0.3, 0.4) is 0 Å². The van der Waals surface area contributed by atoms with Gasteiger partial charge in [0.25, 0.3) is 5.56 Å². The van der Waals surface area contributed by atoms with Crippen LogP contribution in [-0.2, 0) is 0 Å². The molecule has 0 atom stereocenters. The van der Waals surface area contributed by atoms with Gasteiger partial charge in [-0.25, -0.2) is 0 Å². The Morgan fingerprint density at radius 3 is 2.77 bits per heavy atom. The van der Waals surface area contributed by atoms with Crippen molar-refractivity contribution in [2.75, 3.05) is 5.73 Å². The molecule has 2 heterocycles. The van der Waals surface area contributed by atoms with Crippen LogP contribution >= 0.6 is 0 Å². The van der Waals surface area contributed by atoms with Gasteiger partial charge in [0.1, 0.15) is 0 Å². The molecular weight excluding hydrogens is 171 g/mol. The first-order chi connectivity index (χ1) is 6.20. The molecule has 2 aromatic heterocycles. The van der Waals surface area contributed by atoms with Crippen LogP contribution in [0, 0.1) is 5.95 Å². The molecule has 4 heteroatoms. The number of aromatic nitrogens is 1. The summed E-state index contributed by atoms with van der Waals surface area (Å²) >= 11 is 0.